The minimum Gasteiger partial charge on any atom is -0.486 e. The minimum absolute atomic E-state index is 0.149. The van der Waals surface area contributed by atoms with E-state index < -0.39 is 0 Å². The van der Waals surface area contributed by atoms with E-state index in [1.165, 1.54) is 6.21 Å². The van der Waals surface area contributed by atoms with Crippen molar-refractivity contribution in [3.8, 4) is 5.75 Å². The van der Waals surface area contributed by atoms with Crippen molar-refractivity contribution in [3.05, 3.63) is 73.2 Å². The molecule has 0 unspecified atom stereocenters. The molecule has 9 heteroatoms. The van der Waals surface area contributed by atoms with E-state index in [1.807, 2.05) is 0 Å². The molecular formula is C23H16BrCl3N2O3. The van der Waals surface area contributed by atoms with E-state index in [0.29, 0.717) is 30.9 Å². The SMILES string of the molecule is O=C1[C@@H]2[C@H](C(=O)N1N=Cc1cc(Cl)c(OCc3ccc(Cl)cc3Cl)c(Br)c1)[C@H]1C=C[C@H]2C1. The van der Waals surface area contributed by atoms with E-state index in [2.05, 4.69) is 33.2 Å². The van der Waals surface area contributed by atoms with E-state index >= 15 is 0 Å². The summed E-state index contributed by atoms with van der Waals surface area (Å²) < 4.78 is 6.45. The third-order valence-electron chi connectivity index (χ3n) is 6.18. The third-order valence-corrected chi connectivity index (χ3v) is 7.63. The molecule has 2 aromatic rings. The fourth-order valence-corrected chi connectivity index (χ4v) is 6.16. The molecule has 2 fully saturated rings. The van der Waals surface area contributed by atoms with Gasteiger partial charge in [0.25, 0.3) is 11.8 Å². The maximum absolute atomic E-state index is 12.7. The number of fused-ring (bicyclic) bond motifs is 5. The van der Waals surface area contributed by atoms with Gasteiger partial charge in [-0.25, -0.2) is 0 Å². The summed E-state index contributed by atoms with van der Waals surface area (Å²) in [4.78, 5) is 25.5. The number of hydrogen-bond acceptors (Lipinski definition) is 4. The molecule has 1 aliphatic heterocycles. The van der Waals surface area contributed by atoms with Crippen LogP contribution in [0.3, 0.4) is 0 Å². The van der Waals surface area contributed by atoms with Crippen molar-refractivity contribution in [3.63, 3.8) is 0 Å². The fraction of sp³-hybridized carbons (Fsp3) is 0.261. The summed E-state index contributed by atoms with van der Waals surface area (Å²) in [6.07, 6.45) is 6.45. The molecule has 5 rings (SSSR count). The van der Waals surface area contributed by atoms with Crippen LogP contribution in [0.5, 0.6) is 5.75 Å². The number of carbonyl (C=O) groups excluding carboxylic acids is 2. The lowest BCUT2D eigenvalue weighted by Crippen LogP contribution is -2.28. The van der Waals surface area contributed by atoms with Crippen molar-refractivity contribution >= 4 is 68.8 Å². The van der Waals surface area contributed by atoms with Crippen molar-refractivity contribution in [2.45, 2.75) is 13.0 Å². The van der Waals surface area contributed by atoms with Crippen LogP contribution in [-0.2, 0) is 16.2 Å². The van der Waals surface area contributed by atoms with Gasteiger partial charge in [0.05, 0.1) is 27.5 Å². The molecule has 1 saturated heterocycles. The molecule has 1 heterocycles. The van der Waals surface area contributed by atoms with Gasteiger partial charge in [0.1, 0.15) is 6.61 Å². The van der Waals surface area contributed by atoms with Gasteiger partial charge in [-0.2, -0.15) is 10.1 Å². The van der Waals surface area contributed by atoms with Crippen LogP contribution in [0.15, 0.2) is 52.1 Å². The second-order valence-corrected chi connectivity index (χ2v) is 10.2. The van der Waals surface area contributed by atoms with Gasteiger partial charge in [-0.1, -0.05) is 53.0 Å². The molecule has 164 valence electrons. The van der Waals surface area contributed by atoms with Gasteiger partial charge in [-0.15, -0.1) is 0 Å². The predicted molar refractivity (Wildman–Crippen MR) is 127 cm³/mol. The number of halogens is 4. The number of imide groups is 1. The largest absolute Gasteiger partial charge is 0.486 e. The zero-order valence-corrected chi connectivity index (χ0v) is 20.3. The van der Waals surface area contributed by atoms with Crippen LogP contribution in [-0.4, -0.2) is 23.0 Å². The summed E-state index contributed by atoms with van der Waals surface area (Å²) in [5, 5.41) is 6.60. The maximum atomic E-state index is 12.7. The standard InChI is InChI=1S/C23H16BrCl3N2O3/c24-16-5-11(6-18(27)21(16)32-10-14-3-4-15(25)8-17(14)26)9-28-29-22(30)19-12-1-2-13(7-12)20(19)23(29)31/h1-6,8-9,12-13,19-20H,7,10H2/t12-,13-,19-,20+/m0/s1. The van der Waals surface area contributed by atoms with E-state index in [4.69, 9.17) is 39.5 Å². The number of ether oxygens (including phenoxy) is 1. The van der Waals surface area contributed by atoms with Gasteiger partial charge in [-0.3, -0.25) is 9.59 Å². The van der Waals surface area contributed by atoms with Crippen molar-refractivity contribution in [2.75, 3.05) is 0 Å². The second kappa shape index (κ2) is 8.49. The summed E-state index contributed by atoms with van der Waals surface area (Å²) in [6.45, 7) is 0.206. The highest BCUT2D eigenvalue weighted by Gasteiger charge is 2.59. The van der Waals surface area contributed by atoms with Gasteiger partial charge in [-0.05, 0) is 64.0 Å². The van der Waals surface area contributed by atoms with Crippen LogP contribution < -0.4 is 4.74 Å². The number of hydrazone groups is 1. The minimum atomic E-state index is -0.277. The van der Waals surface area contributed by atoms with Crippen LogP contribution in [0.25, 0.3) is 0 Å². The molecule has 2 bridgehead atoms. The Balaban J connectivity index is 1.31. The van der Waals surface area contributed by atoms with Crippen LogP contribution in [0.2, 0.25) is 15.1 Å². The molecule has 32 heavy (non-hydrogen) atoms. The molecule has 0 radical (unpaired) electrons. The molecule has 0 aromatic heterocycles. The Kier molecular flexibility index (Phi) is 5.82. The topological polar surface area (TPSA) is 59.0 Å². The lowest BCUT2D eigenvalue weighted by molar-refractivity contribution is -0.140. The molecule has 2 amide bonds. The van der Waals surface area contributed by atoms with Crippen molar-refractivity contribution in [2.24, 2.45) is 28.8 Å². The first-order valence-electron chi connectivity index (χ1n) is 9.99. The molecule has 4 atom stereocenters. The first-order valence-corrected chi connectivity index (χ1v) is 11.9. The van der Waals surface area contributed by atoms with Crippen LogP contribution in [0.4, 0.5) is 0 Å². The molecule has 2 aromatic carbocycles. The average Bonchev–Trinajstić information content (AvgIpc) is 3.42. The van der Waals surface area contributed by atoms with E-state index in [1.54, 1.807) is 30.3 Å². The normalized spacial score (nSPS) is 25.9. The molecule has 1 saturated carbocycles. The summed E-state index contributed by atoms with van der Waals surface area (Å²) in [5.41, 5.74) is 1.39. The summed E-state index contributed by atoms with van der Waals surface area (Å²) >= 11 is 22.0. The Bertz CT molecular complexity index is 1150. The molecule has 0 N–H and O–H groups in total. The molecule has 0 spiro atoms. The highest BCUT2D eigenvalue weighted by molar-refractivity contribution is 9.10. The van der Waals surface area contributed by atoms with Crippen LogP contribution >= 0.6 is 50.7 Å². The predicted octanol–water partition coefficient (Wildman–Crippen LogP) is 6.13. The zero-order valence-electron chi connectivity index (χ0n) is 16.5. The summed E-state index contributed by atoms with van der Waals surface area (Å²) in [6, 6.07) is 8.58. The molecular weight excluding hydrogens is 539 g/mol. The van der Waals surface area contributed by atoms with Gasteiger partial charge in [0.15, 0.2) is 5.75 Å². The number of nitrogens with zero attached hydrogens (tertiary/aromatic N) is 2. The highest BCUT2D eigenvalue weighted by atomic mass is 79.9. The fourth-order valence-electron chi connectivity index (χ4n) is 4.71. The van der Waals surface area contributed by atoms with E-state index in [9.17, 15) is 9.59 Å². The monoisotopic (exact) mass is 552 g/mol. The Morgan fingerprint density at radius 3 is 2.34 bits per heavy atom. The Hall–Kier alpha value is -1.86. The summed E-state index contributed by atoms with van der Waals surface area (Å²) in [7, 11) is 0. The molecule has 5 nitrogen and oxygen atoms in total. The van der Waals surface area contributed by atoms with E-state index in [0.717, 1.165) is 17.0 Å². The second-order valence-electron chi connectivity index (χ2n) is 8.07. The number of amides is 2. The zero-order chi connectivity index (χ0) is 22.6. The Labute approximate surface area is 208 Å². The average molecular weight is 555 g/mol. The Morgan fingerprint density at radius 2 is 1.72 bits per heavy atom. The highest BCUT2D eigenvalue weighted by Crippen LogP contribution is 2.52. The number of allylic oxidation sites excluding steroid dienone is 2. The van der Waals surface area contributed by atoms with Crippen LogP contribution in [0, 0.1) is 23.7 Å². The molecule has 2 aliphatic carbocycles. The third kappa shape index (κ3) is 3.77. The molecule has 3 aliphatic rings. The van der Waals surface area contributed by atoms with Gasteiger partial charge in [0, 0.05) is 15.6 Å². The number of rotatable bonds is 5. The van der Waals surface area contributed by atoms with Gasteiger partial charge < -0.3 is 4.74 Å². The lowest BCUT2D eigenvalue weighted by Gasteiger charge is -2.13. The van der Waals surface area contributed by atoms with Crippen LogP contribution in [0.1, 0.15) is 17.5 Å². The first kappa shape index (κ1) is 22.0. The summed E-state index contributed by atoms with van der Waals surface area (Å²) in [5.74, 6) is -0.260. The Morgan fingerprint density at radius 1 is 1.03 bits per heavy atom. The quantitative estimate of drug-likeness (QED) is 0.254. The van der Waals surface area contributed by atoms with Crippen molar-refractivity contribution < 1.29 is 14.3 Å². The van der Waals surface area contributed by atoms with Gasteiger partial charge >= 0.3 is 0 Å². The van der Waals surface area contributed by atoms with Crippen molar-refractivity contribution in [1.82, 2.24) is 5.01 Å². The number of hydrogen-bond donors (Lipinski definition) is 0. The maximum Gasteiger partial charge on any atom is 0.254 e. The number of carbonyl (C=O) groups is 2. The first-order chi connectivity index (χ1) is 15.3. The van der Waals surface area contributed by atoms with E-state index in [-0.39, 0.29) is 42.1 Å². The smallest absolute Gasteiger partial charge is 0.254 e. The number of benzene rings is 2. The van der Waals surface area contributed by atoms with Gasteiger partial charge in [0.2, 0.25) is 0 Å². The lowest BCUT2D eigenvalue weighted by atomic mass is 9.85. The van der Waals surface area contributed by atoms with Crippen molar-refractivity contribution in [1.29, 1.82) is 0 Å².